The molecule has 3 aromatic carbocycles. The van der Waals surface area contributed by atoms with Crippen molar-refractivity contribution in [2.75, 3.05) is 11.5 Å². The molecule has 0 unspecified atom stereocenters. The summed E-state index contributed by atoms with van der Waals surface area (Å²) < 4.78 is 11.5. The second kappa shape index (κ2) is 7.31. The first-order chi connectivity index (χ1) is 11.9. The maximum atomic E-state index is 6.19. The smallest absolute Gasteiger partial charge is 0.149 e. The number of nitrogen functional groups attached to an aromatic ring is 2. The van der Waals surface area contributed by atoms with Crippen LogP contribution in [0.25, 0.3) is 0 Å². The van der Waals surface area contributed by atoms with Crippen LogP contribution in [0.1, 0.15) is 0 Å². The van der Waals surface area contributed by atoms with Gasteiger partial charge in [0.2, 0.25) is 0 Å². The van der Waals surface area contributed by atoms with Gasteiger partial charge in [-0.15, -0.1) is 0 Å². The highest BCUT2D eigenvalue weighted by Gasteiger charge is 2.09. The van der Waals surface area contributed by atoms with Crippen molar-refractivity contribution in [3.05, 3.63) is 69.7 Å². The first kappa shape index (κ1) is 17.5. The van der Waals surface area contributed by atoms with Crippen LogP contribution in [0.2, 0.25) is 15.1 Å². The van der Waals surface area contributed by atoms with Gasteiger partial charge in [0.15, 0.2) is 0 Å². The van der Waals surface area contributed by atoms with Crippen LogP contribution in [0.5, 0.6) is 23.0 Å². The second-order valence-electron chi connectivity index (χ2n) is 5.16. The van der Waals surface area contributed by atoms with Crippen LogP contribution in [0, 0.1) is 0 Å². The zero-order chi connectivity index (χ0) is 18.0. The number of ether oxygens (including phenoxy) is 2. The zero-order valence-corrected chi connectivity index (χ0v) is 15.1. The molecule has 25 heavy (non-hydrogen) atoms. The number of anilines is 2. The molecule has 0 spiro atoms. The Morgan fingerprint density at radius 2 is 1.00 bits per heavy atom. The Bertz CT molecular complexity index is 932. The first-order valence-electron chi connectivity index (χ1n) is 7.17. The molecule has 0 radical (unpaired) electrons. The summed E-state index contributed by atoms with van der Waals surface area (Å²) in [6.45, 7) is 0. The lowest BCUT2D eigenvalue weighted by atomic mass is 10.3. The molecule has 128 valence electrons. The Hall–Kier alpha value is -2.27. The molecule has 0 fully saturated rings. The van der Waals surface area contributed by atoms with Crippen LogP contribution >= 0.6 is 34.8 Å². The normalized spacial score (nSPS) is 10.5. The summed E-state index contributed by atoms with van der Waals surface area (Å²) in [5.74, 6) is 2.01. The molecular formula is C18H13Cl3N2O2. The number of nitrogens with two attached hydrogens (primary N) is 2. The third kappa shape index (κ3) is 4.23. The van der Waals surface area contributed by atoms with Crippen LogP contribution in [0.4, 0.5) is 11.4 Å². The highest BCUT2D eigenvalue weighted by molar-refractivity contribution is 6.33. The molecule has 3 rings (SSSR count). The van der Waals surface area contributed by atoms with Crippen molar-refractivity contribution in [3.63, 3.8) is 0 Å². The van der Waals surface area contributed by atoms with Gasteiger partial charge in [0.05, 0.1) is 26.4 Å². The molecule has 0 saturated heterocycles. The quantitative estimate of drug-likeness (QED) is 0.502. The van der Waals surface area contributed by atoms with Crippen LogP contribution in [-0.4, -0.2) is 0 Å². The summed E-state index contributed by atoms with van der Waals surface area (Å²) >= 11 is 18.0. The SMILES string of the molecule is Nc1cc(Oc2ccc(Cl)c(Oc3ccc(Cl)c(N)c3)c2)ccc1Cl. The van der Waals surface area contributed by atoms with Gasteiger partial charge >= 0.3 is 0 Å². The molecule has 0 aliphatic rings. The van der Waals surface area contributed by atoms with Crippen LogP contribution in [0.15, 0.2) is 54.6 Å². The van der Waals surface area contributed by atoms with E-state index < -0.39 is 0 Å². The summed E-state index contributed by atoms with van der Waals surface area (Å²) in [5, 5.41) is 1.35. The van der Waals surface area contributed by atoms with Crippen molar-refractivity contribution in [2.45, 2.75) is 0 Å². The average Bonchev–Trinajstić information content (AvgIpc) is 2.57. The predicted molar refractivity (Wildman–Crippen MR) is 103 cm³/mol. The zero-order valence-electron chi connectivity index (χ0n) is 12.8. The van der Waals surface area contributed by atoms with Crippen molar-refractivity contribution in [2.24, 2.45) is 0 Å². The van der Waals surface area contributed by atoms with Crippen molar-refractivity contribution in [3.8, 4) is 23.0 Å². The molecule has 0 atom stereocenters. The molecule has 0 bridgehead atoms. The van der Waals surface area contributed by atoms with Gasteiger partial charge in [-0.1, -0.05) is 34.8 Å². The maximum Gasteiger partial charge on any atom is 0.149 e. The molecule has 0 aliphatic carbocycles. The Kier molecular flexibility index (Phi) is 5.13. The van der Waals surface area contributed by atoms with Crippen LogP contribution in [0.3, 0.4) is 0 Å². The fourth-order valence-electron chi connectivity index (χ4n) is 2.06. The lowest BCUT2D eigenvalue weighted by Gasteiger charge is -2.12. The molecule has 4 N–H and O–H groups in total. The molecular weight excluding hydrogens is 383 g/mol. The third-order valence-electron chi connectivity index (χ3n) is 3.30. The molecule has 4 nitrogen and oxygen atoms in total. The molecule has 0 saturated carbocycles. The minimum absolute atomic E-state index is 0.416. The topological polar surface area (TPSA) is 70.5 Å². The summed E-state index contributed by atoms with van der Waals surface area (Å²) in [7, 11) is 0. The summed E-state index contributed by atoms with van der Waals surface area (Å²) in [6.07, 6.45) is 0. The Labute approximate surface area is 159 Å². The lowest BCUT2D eigenvalue weighted by molar-refractivity contribution is 0.461. The molecule has 3 aromatic rings. The van der Waals surface area contributed by atoms with E-state index in [1.165, 1.54) is 0 Å². The number of benzene rings is 3. The molecule has 7 heteroatoms. The van der Waals surface area contributed by atoms with Gasteiger partial charge < -0.3 is 20.9 Å². The van der Waals surface area contributed by atoms with E-state index in [-0.39, 0.29) is 0 Å². The fraction of sp³-hybridized carbons (Fsp3) is 0. The van der Waals surface area contributed by atoms with E-state index in [1.54, 1.807) is 54.6 Å². The number of hydrogen-bond donors (Lipinski definition) is 2. The van der Waals surface area contributed by atoms with E-state index in [4.69, 9.17) is 55.7 Å². The van der Waals surface area contributed by atoms with Crippen molar-refractivity contribution in [1.82, 2.24) is 0 Å². The molecule has 0 aromatic heterocycles. The van der Waals surface area contributed by atoms with E-state index in [2.05, 4.69) is 0 Å². The molecule has 0 aliphatic heterocycles. The summed E-state index contributed by atoms with van der Waals surface area (Å²) in [4.78, 5) is 0. The number of halogens is 3. The largest absolute Gasteiger partial charge is 0.457 e. The Morgan fingerprint density at radius 1 is 0.560 bits per heavy atom. The van der Waals surface area contributed by atoms with Crippen molar-refractivity contribution < 1.29 is 9.47 Å². The van der Waals surface area contributed by atoms with Crippen LogP contribution < -0.4 is 20.9 Å². The second-order valence-corrected chi connectivity index (χ2v) is 6.38. The van der Waals surface area contributed by atoms with E-state index in [9.17, 15) is 0 Å². The first-order valence-corrected chi connectivity index (χ1v) is 8.31. The minimum Gasteiger partial charge on any atom is -0.457 e. The van der Waals surface area contributed by atoms with Gasteiger partial charge in [-0.05, 0) is 36.4 Å². The van der Waals surface area contributed by atoms with Gasteiger partial charge in [0.1, 0.15) is 23.0 Å². The van der Waals surface area contributed by atoms with Crippen molar-refractivity contribution >= 4 is 46.2 Å². The fourth-order valence-corrected chi connectivity index (χ4v) is 2.45. The monoisotopic (exact) mass is 394 g/mol. The van der Waals surface area contributed by atoms with Crippen LogP contribution in [-0.2, 0) is 0 Å². The predicted octanol–water partition coefficient (Wildman–Crippen LogP) is 6.40. The van der Waals surface area contributed by atoms with E-state index in [1.807, 2.05) is 0 Å². The highest BCUT2D eigenvalue weighted by Crippen LogP contribution is 2.36. The maximum absolute atomic E-state index is 6.19. The van der Waals surface area contributed by atoms with Gasteiger partial charge in [-0.2, -0.15) is 0 Å². The van der Waals surface area contributed by atoms with Gasteiger partial charge in [0, 0.05) is 18.2 Å². The van der Waals surface area contributed by atoms with Gasteiger partial charge in [-0.3, -0.25) is 0 Å². The Balaban J connectivity index is 1.84. The number of rotatable bonds is 4. The van der Waals surface area contributed by atoms with Gasteiger partial charge in [0.25, 0.3) is 0 Å². The number of hydrogen-bond acceptors (Lipinski definition) is 4. The van der Waals surface area contributed by atoms with E-state index in [0.29, 0.717) is 49.4 Å². The van der Waals surface area contributed by atoms with Gasteiger partial charge in [-0.25, -0.2) is 0 Å². The standard InChI is InChI=1S/C18H13Cl3N2O2/c19-13-4-1-10(7-16(13)22)24-12-3-6-15(21)18(9-12)25-11-2-5-14(20)17(23)8-11/h1-9H,22-23H2. The van der Waals surface area contributed by atoms with E-state index in [0.717, 1.165) is 0 Å². The van der Waals surface area contributed by atoms with E-state index >= 15 is 0 Å². The Morgan fingerprint density at radius 3 is 1.52 bits per heavy atom. The summed E-state index contributed by atoms with van der Waals surface area (Å²) in [6, 6.07) is 15.0. The summed E-state index contributed by atoms with van der Waals surface area (Å²) in [5.41, 5.74) is 12.4. The highest BCUT2D eigenvalue weighted by atomic mass is 35.5. The average molecular weight is 396 g/mol. The third-order valence-corrected chi connectivity index (χ3v) is 4.30. The molecule has 0 heterocycles. The minimum atomic E-state index is 0.416. The molecule has 0 amide bonds. The van der Waals surface area contributed by atoms with Crippen molar-refractivity contribution in [1.29, 1.82) is 0 Å². The lowest BCUT2D eigenvalue weighted by Crippen LogP contribution is -1.92.